The van der Waals surface area contributed by atoms with Crippen LogP contribution in [0, 0.1) is 11.3 Å². The maximum atomic E-state index is 8.62. The zero-order valence-electron chi connectivity index (χ0n) is 29.9. The highest BCUT2D eigenvalue weighted by atomic mass is 31.2. The Labute approximate surface area is 232 Å². The van der Waals surface area contributed by atoms with Crippen molar-refractivity contribution in [3.8, 4) is 6.07 Å². The third kappa shape index (κ3) is 38.1. The van der Waals surface area contributed by atoms with E-state index in [0.717, 1.165) is 19.3 Å². The minimum atomic E-state index is -1.17. The van der Waals surface area contributed by atoms with Gasteiger partial charge >= 0.3 is 0 Å². The number of hydrogen-bond acceptors (Lipinski definition) is 10. The molecule has 0 aliphatic heterocycles. The van der Waals surface area contributed by atoms with Crippen molar-refractivity contribution in [1.82, 2.24) is 4.67 Å². The van der Waals surface area contributed by atoms with Crippen molar-refractivity contribution >= 4 is 8.53 Å². The molecule has 0 aliphatic carbocycles. The Bertz CT molecular complexity index is 472. The molecule has 1 atom stereocenters. The maximum absolute atomic E-state index is 8.62. The molecule has 0 saturated carbocycles. The minimum absolute atomic E-state index is 0.308. The summed E-state index contributed by atoms with van der Waals surface area (Å²) in [4.78, 5) is 0. The Kier molecular flexibility index (Phi) is 39.3. The SMILES string of the molecule is [2H]CCCOCCOCCC[2H].[2H]CCCOCCOP(OCCC#N)N(C(C)C)C(C)C.[3H]OC.[3H]OC.[3H]OC. The molecule has 0 aromatic heterocycles. The van der Waals surface area contributed by atoms with E-state index in [-0.39, 0.29) is 0 Å². The van der Waals surface area contributed by atoms with E-state index in [1.165, 1.54) is 21.3 Å². The highest BCUT2D eigenvalue weighted by Gasteiger charge is 2.26. The molecule has 1 unspecified atom stereocenters. The van der Waals surface area contributed by atoms with Gasteiger partial charge in [0.25, 0.3) is 8.53 Å². The van der Waals surface area contributed by atoms with E-state index in [1.54, 1.807) is 0 Å². The molecule has 0 aromatic carbocycles. The van der Waals surface area contributed by atoms with Crippen molar-refractivity contribution in [2.75, 3.05) is 74.2 Å². The Balaban J connectivity index is -0.000000182. The van der Waals surface area contributed by atoms with Crippen molar-refractivity contribution in [2.24, 2.45) is 0 Å². The third-order valence-electron chi connectivity index (χ3n) is 3.33. The predicted molar refractivity (Wildman–Crippen MR) is 149 cm³/mol. The summed E-state index contributed by atoms with van der Waals surface area (Å²) in [5, 5.41) is 19.1. The monoisotopic (exact) mass is 555 g/mol. The van der Waals surface area contributed by atoms with Gasteiger partial charge in [0.1, 0.15) is 0 Å². The lowest BCUT2D eigenvalue weighted by Gasteiger charge is -2.35. The molecule has 0 heterocycles. The first-order valence-electron chi connectivity index (χ1n) is 15.3. The van der Waals surface area contributed by atoms with Crippen molar-refractivity contribution in [3.05, 3.63) is 0 Å². The summed E-state index contributed by atoms with van der Waals surface area (Å²) in [6.07, 6.45) is 2.71. The molecule has 0 radical (unpaired) electrons. The fourth-order valence-corrected chi connectivity index (χ4v) is 3.79. The van der Waals surface area contributed by atoms with Gasteiger partial charge in [-0.25, -0.2) is 4.67 Å². The normalized spacial score (nSPS) is 12.8. The van der Waals surface area contributed by atoms with Gasteiger partial charge in [-0.05, 0) is 47.0 Å². The van der Waals surface area contributed by atoms with Gasteiger partial charge in [0, 0.05) is 57.3 Å². The number of hydrogen-bond donors (Lipinski definition) is 3. The summed E-state index contributed by atoms with van der Waals surface area (Å²) in [6, 6.07) is 2.70. The molecule has 0 spiro atoms. The zero-order chi connectivity index (χ0) is 33.3. The lowest BCUT2D eigenvalue weighted by Crippen LogP contribution is -2.34. The fraction of sp³-hybridized carbons (Fsp3) is 0.960. The molecule has 0 rings (SSSR count). The van der Waals surface area contributed by atoms with E-state index >= 15 is 0 Å². The van der Waals surface area contributed by atoms with E-state index in [2.05, 4.69) is 53.8 Å². The van der Waals surface area contributed by atoms with Gasteiger partial charge in [-0.15, -0.1) is 0 Å². The number of aliphatic hydroxyl groups excluding tert-OH is 3. The van der Waals surface area contributed by atoms with Gasteiger partial charge in [0.2, 0.25) is 4.29 Å². The Morgan fingerprint density at radius 2 is 1.11 bits per heavy atom. The second-order valence-corrected chi connectivity index (χ2v) is 8.23. The van der Waals surface area contributed by atoms with Gasteiger partial charge in [-0.3, -0.25) is 0 Å². The summed E-state index contributed by atoms with van der Waals surface area (Å²) in [5.41, 5.74) is 0. The van der Waals surface area contributed by atoms with E-state index in [4.69, 9.17) is 36.9 Å². The second-order valence-electron chi connectivity index (χ2n) is 6.78. The number of aliphatic hydroxyl groups is 3. The fourth-order valence-electron chi connectivity index (χ4n) is 2.22. The van der Waals surface area contributed by atoms with E-state index in [1.807, 2.05) is 0 Å². The van der Waals surface area contributed by atoms with Crippen molar-refractivity contribution in [2.45, 2.75) is 86.2 Å². The molecule has 0 aromatic rings. The smallest absolute Gasteiger partial charge is 0.259 e. The van der Waals surface area contributed by atoms with Gasteiger partial charge in [0.05, 0.1) is 45.5 Å². The van der Waals surface area contributed by atoms with Crippen LogP contribution in [0.5, 0.6) is 0 Å². The second kappa shape index (κ2) is 44.5. The highest BCUT2D eigenvalue weighted by Crippen LogP contribution is 2.45. The third-order valence-corrected chi connectivity index (χ3v) is 5.44. The van der Waals surface area contributed by atoms with Gasteiger partial charge < -0.3 is 38.6 Å². The van der Waals surface area contributed by atoms with Crippen molar-refractivity contribution in [1.29, 1.82) is 9.56 Å². The summed E-state index contributed by atoms with van der Waals surface area (Å²) >= 11 is 0. The number of nitriles is 1. The molecule has 10 nitrogen and oxygen atoms in total. The van der Waals surface area contributed by atoms with Crippen LogP contribution in [0.2, 0.25) is 0 Å². The summed E-state index contributed by atoms with van der Waals surface area (Å²) in [7, 11) is 2.70. The van der Waals surface area contributed by atoms with Crippen LogP contribution in [0.15, 0.2) is 0 Å². The molecule has 0 fully saturated rings. The topological polar surface area (TPSA) is 134 Å². The minimum Gasteiger partial charge on any atom is -0.400 e. The highest BCUT2D eigenvalue weighted by molar-refractivity contribution is 7.44. The van der Waals surface area contributed by atoms with Crippen molar-refractivity contribution < 1.29 is 42.7 Å². The standard InChI is InChI=1S/C14H29N2O3P.C8H18O2.3CH4O/c1-6-9-17-11-12-19-20(18-10-7-8-15)16(13(2)3)14(4)5;1-3-5-9-7-8-10-6-4-2;3*1-2/h13-14H,6-7,9-12H2,1-5H3;3-8H2,1-2H3;3*2H,1H3/i1D;1D,2D;3*2T. The molecule has 0 aliphatic rings. The molecule has 0 amide bonds. The van der Waals surface area contributed by atoms with Crippen molar-refractivity contribution in [3.63, 3.8) is 0 Å². The van der Waals surface area contributed by atoms with Crippen LogP contribution in [0.1, 0.15) is 78.2 Å². The average molecular weight is 556 g/mol. The molecule has 3 N–H and O–H groups in total. The first kappa shape index (κ1) is 31.8. The van der Waals surface area contributed by atoms with Crippen LogP contribution in [0.25, 0.3) is 0 Å². The van der Waals surface area contributed by atoms with Crippen LogP contribution in [-0.4, -0.2) is 111 Å². The van der Waals surface area contributed by atoms with Crippen LogP contribution < -0.4 is 0 Å². The Morgan fingerprint density at radius 1 is 0.750 bits per heavy atom. The Morgan fingerprint density at radius 3 is 1.44 bits per heavy atom. The zero-order valence-corrected chi connectivity index (χ0v) is 24.8. The van der Waals surface area contributed by atoms with E-state index in [0.29, 0.717) is 92.1 Å². The largest absolute Gasteiger partial charge is 0.400 e. The lowest BCUT2D eigenvalue weighted by molar-refractivity contribution is 0.0483. The molecule has 11 heteroatoms. The van der Waals surface area contributed by atoms with Gasteiger partial charge in [-0.2, -0.15) is 5.26 Å². The molecular weight excluding hydrogens is 487 g/mol. The molecule has 0 bridgehead atoms. The van der Waals surface area contributed by atoms with E-state index < -0.39 is 8.53 Å². The number of nitrogens with zero attached hydrogens (tertiary/aromatic N) is 2. The van der Waals surface area contributed by atoms with Crippen LogP contribution in [-0.2, 0) is 23.3 Å². The summed E-state index contributed by atoms with van der Waals surface area (Å²) < 4.78 is 67.3. The van der Waals surface area contributed by atoms with Gasteiger partial charge in [-0.1, -0.05) is 20.7 Å². The van der Waals surface area contributed by atoms with Gasteiger partial charge in [0.15, 0.2) is 0 Å². The Hall–Kier alpha value is -0.440. The van der Waals surface area contributed by atoms with E-state index in [9.17, 15) is 0 Å². The first-order valence-corrected chi connectivity index (χ1v) is 13.1. The summed E-state index contributed by atoms with van der Waals surface area (Å²) in [6.45, 7) is 14.2. The number of rotatable bonds is 19. The molecule has 222 valence electrons. The molecular formula is C25H59N2O8P. The van der Waals surface area contributed by atoms with Crippen LogP contribution >= 0.6 is 8.53 Å². The average Bonchev–Trinajstić information content (AvgIpc) is 2.93. The molecule has 0 saturated heterocycles. The first-order chi connectivity index (χ1) is 20.2. The molecule has 36 heavy (non-hydrogen) atoms. The lowest BCUT2D eigenvalue weighted by atomic mass is 10.3. The number of ether oxygens (including phenoxy) is 3. The quantitative estimate of drug-likeness (QED) is 0.156. The van der Waals surface area contributed by atoms with Crippen LogP contribution in [0.3, 0.4) is 0 Å². The predicted octanol–water partition coefficient (Wildman–Crippen LogP) is 4.37. The summed E-state index contributed by atoms with van der Waals surface area (Å²) in [5.74, 6) is 0. The maximum Gasteiger partial charge on any atom is 0.259 e. The van der Waals surface area contributed by atoms with Crippen LogP contribution in [0.4, 0.5) is 0 Å².